The minimum absolute atomic E-state index is 0.00183. The van der Waals surface area contributed by atoms with Crippen LogP contribution in [-0.4, -0.2) is 63.2 Å². The fourth-order valence-electron chi connectivity index (χ4n) is 7.00. The molecule has 0 amide bonds. The second kappa shape index (κ2) is 14.8. The molecule has 4 aromatic rings. The molecule has 4 atom stereocenters. The van der Waals surface area contributed by atoms with Gasteiger partial charge in [0.05, 0.1) is 36.9 Å². The van der Waals surface area contributed by atoms with Crippen molar-refractivity contribution in [3.8, 4) is 11.1 Å². The molecule has 0 saturated carbocycles. The van der Waals surface area contributed by atoms with Crippen molar-refractivity contribution < 1.29 is 32.5 Å². The molecule has 2 N–H and O–H groups in total. The lowest BCUT2D eigenvalue weighted by Gasteiger charge is -2.44. The van der Waals surface area contributed by atoms with Gasteiger partial charge in [-0.1, -0.05) is 91.9 Å². The Labute approximate surface area is 288 Å². The van der Waals surface area contributed by atoms with E-state index < -0.39 is 22.1 Å². The Bertz CT molecular complexity index is 1790. The van der Waals surface area contributed by atoms with Crippen LogP contribution in [0.1, 0.15) is 54.4 Å². The molecular weight excluding hydrogens is 641 g/mol. The highest BCUT2D eigenvalue weighted by atomic mass is 32.2. The number of likely N-dealkylation sites (tertiary alicyclic amines) is 1. The molecule has 49 heavy (non-hydrogen) atoms. The normalized spacial score (nSPS) is 24.3. The summed E-state index contributed by atoms with van der Waals surface area (Å²) in [5.41, 5.74) is 5.70. The van der Waals surface area contributed by atoms with Crippen LogP contribution in [0.25, 0.3) is 11.1 Å². The lowest BCUT2D eigenvalue weighted by atomic mass is 9.89. The third-order valence-electron chi connectivity index (χ3n) is 9.96. The van der Waals surface area contributed by atoms with E-state index in [2.05, 4.69) is 28.7 Å². The van der Waals surface area contributed by atoms with Crippen LogP contribution in [0, 0.1) is 5.92 Å². The maximum absolute atomic E-state index is 12.7. The first kappa shape index (κ1) is 34.0. The number of hydrogen-bond acceptors (Lipinski definition) is 8. The van der Waals surface area contributed by atoms with Gasteiger partial charge in [0.1, 0.15) is 0 Å². The lowest BCUT2D eigenvalue weighted by molar-refractivity contribution is -0.278. The molecule has 9 nitrogen and oxygen atoms in total. The van der Waals surface area contributed by atoms with Gasteiger partial charge in [0.2, 0.25) is 10.0 Å². The third kappa shape index (κ3) is 7.82. The molecule has 3 saturated heterocycles. The monoisotopic (exact) mass is 684 g/mol. The molecule has 4 aromatic carbocycles. The van der Waals surface area contributed by atoms with Crippen LogP contribution >= 0.6 is 0 Å². The highest BCUT2D eigenvalue weighted by molar-refractivity contribution is 7.89. The molecule has 3 aliphatic rings. The number of hydrogen-bond donors (Lipinski definition) is 2. The zero-order valence-corrected chi connectivity index (χ0v) is 28.6. The van der Waals surface area contributed by atoms with Crippen molar-refractivity contribution in [2.24, 2.45) is 5.92 Å². The highest BCUT2D eigenvalue weighted by Gasteiger charge is 2.43. The van der Waals surface area contributed by atoms with Crippen LogP contribution in [0.4, 0.5) is 0 Å². The van der Waals surface area contributed by atoms with Crippen molar-refractivity contribution in [3.05, 3.63) is 125 Å². The Morgan fingerprint density at radius 2 is 1.49 bits per heavy atom. The quantitative estimate of drug-likeness (QED) is 0.211. The Hall–Kier alpha value is -3.45. The summed E-state index contributed by atoms with van der Waals surface area (Å²) in [6.07, 6.45) is 0.875. The number of sulfonamides is 1. The number of benzene rings is 4. The largest absolute Gasteiger partial charge is 0.392 e. The second-order valence-electron chi connectivity index (χ2n) is 13.2. The number of piperidine rings is 1. The number of ether oxygens (including phenoxy) is 4. The first-order valence-electron chi connectivity index (χ1n) is 17.1. The van der Waals surface area contributed by atoms with Crippen molar-refractivity contribution in [1.82, 2.24) is 9.62 Å². The number of nitrogens with one attached hydrogen (secondary N) is 1. The molecule has 10 heteroatoms. The molecule has 3 heterocycles. The van der Waals surface area contributed by atoms with Gasteiger partial charge in [0.15, 0.2) is 12.1 Å². The topological polar surface area (TPSA) is 107 Å². The molecule has 0 bridgehead atoms. The Kier molecular flexibility index (Phi) is 10.3. The highest BCUT2D eigenvalue weighted by Crippen LogP contribution is 2.43. The predicted molar refractivity (Wildman–Crippen MR) is 186 cm³/mol. The molecule has 1 spiro atoms. The summed E-state index contributed by atoms with van der Waals surface area (Å²) < 4.78 is 53.5. The van der Waals surface area contributed by atoms with Gasteiger partial charge in [-0.15, -0.1) is 0 Å². The van der Waals surface area contributed by atoms with E-state index in [1.165, 1.54) is 0 Å². The van der Waals surface area contributed by atoms with E-state index in [1.54, 1.807) is 30.3 Å². The van der Waals surface area contributed by atoms with Crippen LogP contribution in [-0.2, 0) is 42.1 Å². The summed E-state index contributed by atoms with van der Waals surface area (Å²) in [6, 6.07) is 32.5. The number of aliphatic hydroxyl groups excluding tert-OH is 1. The molecule has 0 aromatic heterocycles. The standard InChI is InChI=1S/C39H44N2O7S/c1-28-36(26-41-20-18-39(19-21-41)45-22-23-46-39)47-38(48-37(28)32-12-10-29(27-42)11-13-32)33-16-14-31(15-17-33)34-7-5-6-30(24-34)25-40-49(43,44)35-8-3-2-4-9-35/h2-17,24,28,36-38,40,42H,18-23,25-27H2,1H3. The molecule has 4 unspecified atom stereocenters. The van der Waals surface area contributed by atoms with Gasteiger partial charge < -0.3 is 29.0 Å². The SMILES string of the molecule is CC1C(CN2CCC3(CC2)OCCO3)OC(c2ccc(-c3cccc(CNS(=O)(=O)c4ccccc4)c3)cc2)OC1c1ccc(CO)cc1. The average molecular weight is 685 g/mol. The van der Waals surface area contributed by atoms with Gasteiger partial charge in [-0.3, -0.25) is 0 Å². The minimum Gasteiger partial charge on any atom is -0.392 e. The van der Waals surface area contributed by atoms with Crippen molar-refractivity contribution >= 4 is 10.0 Å². The summed E-state index contributed by atoms with van der Waals surface area (Å²) in [5.74, 6) is -0.331. The molecule has 3 aliphatic heterocycles. The average Bonchev–Trinajstić information content (AvgIpc) is 3.61. The van der Waals surface area contributed by atoms with Crippen molar-refractivity contribution in [2.75, 3.05) is 32.8 Å². The summed E-state index contributed by atoms with van der Waals surface area (Å²) in [4.78, 5) is 2.69. The van der Waals surface area contributed by atoms with Gasteiger partial charge in [0, 0.05) is 50.5 Å². The Morgan fingerprint density at radius 1 is 0.796 bits per heavy atom. The van der Waals surface area contributed by atoms with E-state index in [1.807, 2.05) is 60.7 Å². The van der Waals surface area contributed by atoms with Gasteiger partial charge in [-0.2, -0.15) is 0 Å². The van der Waals surface area contributed by atoms with Crippen molar-refractivity contribution in [1.29, 1.82) is 0 Å². The third-order valence-corrected chi connectivity index (χ3v) is 11.4. The van der Waals surface area contributed by atoms with Crippen molar-refractivity contribution in [2.45, 2.75) is 62.1 Å². The van der Waals surface area contributed by atoms with Crippen LogP contribution in [0.3, 0.4) is 0 Å². The first-order chi connectivity index (χ1) is 23.8. The zero-order valence-electron chi connectivity index (χ0n) is 27.7. The Morgan fingerprint density at radius 3 is 2.18 bits per heavy atom. The maximum atomic E-state index is 12.7. The number of aliphatic hydroxyl groups is 1. The smallest absolute Gasteiger partial charge is 0.240 e. The molecule has 3 fully saturated rings. The number of rotatable bonds is 10. The van der Waals surface area contributed by atoms with E-state index in [4.69, 9.17) is 18.9 Å². The van der Waals surface area contributed by atoms with Gasteiger partial charge in [-0.25, -0.2) is 13.1 Å². The second-order valence-corrected chi connectivity index (χ2v) is 15.0. The molecule has 7 rings (SSSR count). The predicted octanol–water partition coefficient (Wildman–Crippen LogP) is 5.95. The fraction of sp³-hybridized carbons (Fsp3) is 0.385. The summed E-state index contributed by atoms with van der Waals surface area (Å²) in [6.45, 7) is 6.25. The zero-order chi connectivity index (χ0) is 33.8. The molecule has 258 valence electrons. The molecular formula is C39H44N2O7S. The van der Waals surface area contributed by atoms with Gasteiger partial charge in [-0.05, 0) is 46.0 Å². The summed E-state index contributed by atoms with van der Waals surface area (Å²) in [7, 11) is -3.61. The van der Waals surface area contributed by atoms with Gasteiger partial charge in [0.25, 0.3) is 0 Å². The fourth-order valence-corrected chi connectivity index (χ4v) is 8.04. The Balaban J connectivity index is 1.06. The van der Waals surface area contributed by atoms with Gasteiger partial charge >= 0.3 is 0 Å². The molecule has 0 aliphatic carbocycles. The molecule has 0 radical (unpaired) electrons. The van der Waals surface area contributed by atoms with E-state index in [0.29, 0.717) is 13.2 Å². The minimum atomic E-state index is -3.61. The number of nitrogens with zero attached hydrogens (tertiary/aromatic N) is 1. The van der Waals surface area contributed by atoms with E-state index in [0.717, 1.165) is 65.9 Å². The van der Waals surface area contributed by atoms with Crippen LogP contribution in [0.15, 0.2) is 108 Å². The van der Waals surface area contributed by atoms with E-state index in [9.17, 15) is 13.5 Å². The van der Waals surface area contributed by atoms with Crippen LogP contribution in [0.2, 0.25) is 0 Å². The summed E-state index contributed by atoms with van der Waals surface area (Å²) >= 11 is 0. The van der Waals surface area contributed by atoms with Crippen LogP contribution in [0.5, 0.6) is 0 Å². The van der Waals surface area contributed by atoms with E-state index in [-0.39, 0.29) is 36.2 Å². The van der Waals surface area contributed by atoms with Crippen molar-refractivity contribution in [3.63, 3.8) is 0 Å². The van der Waals surface area contributed by atoms with E-state index >= 15 is 0 Å². The van der Waals surface area contributed by atoms with Crippen LogP contribution < -0.4 is 4.72 Å². The lowest BCUT2D eigenvalue weighted by Crippen LogP contribution is -2.50. The first-order valence-corrected chi connectivity index (χ1v) is 18.5. The summed E-state index contributed by atoms with van der Waals surface area (Å²) in [5, 5.41) is 9.60. The maximum Gasteiger partial charge on any atom is 0.240 e.